The summed E-state index contributed by atoms with van der Waals surface area (Å²) >= 11 is 0. The molecule has 0 aliphatic carbocycles. The molecule has 1 aromatic rings. The number of hydrogen-bond acceptors (Lipinski definition) is 3. The summed E-state index contributed by atoms with van der Waals surface area (Å²) in [5.41, 5.74) is 2.14. The van der Waals surface area contributed by atoms with Gasteiger partial charge in [0.2, 0.25) is 0 Å². The highest BCUT2D eigenvalue weighted by molar-refractivity contribution is 5.67. The number of aliphatic carboxylic acids is 1. The summed E-state index contributed by atoms with van der Waals surface area (Å²) in [4.78, 5) is 13.1. The van der Waals surface area contributed by atoms with Crippen molar-refractivity contribution in [2.24, 2.45) is 0 Å². The molecule has 3 aliphatic rings. The number of benzene rings is 1. The number of carbonyl (C=O) groups excluding carboxylic acids is 1. The summed E-state index contributed by atoms with van der Waals surface area (Å²) < 4.78 is 1.20. The van der Waals surface area contributed by atoms with Gasteiger partial charge in [-0.3, -0.25) is 4.90 Å². The van der Waals surface area contributed by atoms with Crippen molar-refractivity contribution in [2.45, 2.75) is 13.0 Å². The number of carboxylic acid groups (broad SMARTS) is 1. The normalized spacial score (nSPS) is 29.4. The Hall–Kier alpha value is -1.39. The standard InChI is InChI=1S/C15H20N2O2/c18-15(19)11-13-1-3-14(4-2-13)12-17-8-5-16(6-9-17)7-10-17/h1-4H,5-12H2. The van der Waals surface area contributed by atoms with Crippen LogP contribution in [0.3, 0.4) is 0 Å². The molecule has 3 heterocycles. The molecule has 0 N–H and O–H groups in total. The van der Waals surface area contributed by atoms with Crippen LogP contribution in [0.4, 0.5) is 0 Å². The van der Waals surface area contributed by atoms with Crippen molar-refractivity contribution in [1.82, 2.24) is 4.90 Å². The molecule has 1 aromatic carbocycles. The third kappa shape index (κ3) is 2.80. The Kier molecular flexibility index (Phi) is 3.29. The Bertz CT molecular complexity index is 448. The molecule has 102 valence electrons. The average molecular weight is 260 g/mol. The lowest BCUT2D eigenvalue weighted by Gasteiger charge is -2.50. The topological polar surface area (TPSA) is 43.4 Å². The predicted octanol–water partition coefficient (Wildman–Crippen LogP) is -0.375. The third-order valence-corrected chi connectivity index (χ3v) is 4.56. The summed E-state index contributed by atoms with van der Waals surface area (Å²) in [6.07, 6.45) is 0.00917. The highest BCUT2D eigenvalue weighted by Crippen LogP contribution is 2.23. The lowest BCUT2D eigenvalue weighted by molar-refractivity contribution is -0.953. The molecule has 0 radical (unpaired) electrons. The zero-order valence-electron chi connectivity index (χ0n) is 11.2. The van der Waals surface area contributed by atoms with Gasteiger partial charge in [0.15, 0.2) is 0 Å². The molecule has 0 unspecified atom stereocenters. The van der Waals surface area contributed by atoms with Crippen molar-refractivity contribution in [3.8, 4) is 0 Å². The van der Waals surface area contributed by atoms with Gasteiger partial charge in [-0.1, -0.05) is 24.3 Å². The van der Waals surface area contributed by atoms with Crippen LogP contribution in [-0.4, -0.2) is 54.6 Å². The second-order valence-electron chi connectivity index (χ2n) is 5.88. The molecule has 4 nitrogen and oxygen atoms in total. The zero-order valence-corrected chi connectivity index (χ0v) is 11.2. The minimum absolute atomic E-state index is 0.00917. The van der Waals surface area contributed by atoms with E-state index in [0.717, 1.165) is 12.1 Å². The number of hydrogen-bond donors (Lipinski definition) is 0. The van der Waals surface area contributed by atoms with Crippen LogP contribution in [0.1, 0.15) is 11.1 Å². The highest BCUT2D eigenvalue weighted by Gasteiger charge is 2.38. The molecule has 19 heavy (non-hydrogen) atoms. The van der Waals surface area contributed by atoms with Gasteiger partial charge < -0.3 is 14.4 Å². The van der Waals surface area contributed by atoms with Crippen LogP contribution in [0.25, 0.3) is 0 Å². The Balaban J connectivity index is 1.67. The number of carboxylic acids is 1. The van der Waals surface area contributed by atoms with Gasteiger partial charge in [-0.25, -0.2) is 0 Å². The SMILES string of the molecule is O=C([O-])Cc1ccc(C[N+]23CCN(CC2)CC3)cc1. The smallest absolute Gasteiger partial charge is 0.104 e. The van der Waals surface area contributed by atoms with Crippen LogP contribution in [0, 0.1) is 0 Å². The van der Waals surface area contributed by atoms with Crippen LogP contribution < -0.4 is 5.11 Å². The lowest BCUT2D eigenvalue weighted by Crippen LogP contribution is -2.66. The molecule has 3 fully saturated rings. The number of carbonyl (C=O) groups is 1. The van der Waals surface area contributed by atoms with E-state index in [1.54, 1.807) is 0 Å². The zero-order chi connectivity index (χ0) is 13.3. The quantitative estimate of drug-likeness (QED) is 0.694. The van der Waals surface area contributed by atoms with Crippen molar-refractivity contribution in [2.75, 3.05) is 39.3 Å². The van der Waals surface area contributed by atoms with Gasteiger partial charge in [0.05, 0.1) is 19.6 Å². The van der Waals surface area contributed by atoms with E-state index in [1.165, 1.54) is 49.3 Å². The molecular weight excluding hydrogens is 240 g/mol. The second-order valence-corrected chi connectivity index (χ2v) is 5.88. The minimum atomic E-state index is -1.01. The Morgan fingerprint density at radius 2 is 1.58 bits per heavy atom. The lowest BCUT2D eigenvalue weighted by atomic mass is 10.1. The van der Waals surface area contributed by atoms with Gasteiger partial charge in [-0.15, -0.1) is 0 Å². The summed E-state index contributed by atoms with van der Waals surface area (Å²) in [5.74, 6) is -1.01. The molecule has 0 aromatic heterocycles. The molecule has 0 saturated carbocycles. The van der Waals surface area contributed by atoms with E-state index in [-0.39, 0.29) is 6.42 Å². The molecule has 0 atom stereocenters. The Labute approximate surface area is 113 Å². The third-order valence-electron chi connectivity index (χ3n) is 4.56. The molecule has 0 amide bonds. The van der Waals surface area contributed by atoms with Crippen molar-refractivity contribution < 1.29 is 14.4 Å². The molecule has 2 bridgehead atoms. The van der Waals surface area contributed by atoms with E-state index >= 15 is 0 Å². The maximum absolute atomic E-state index is 10.6. The van der Waals surface area contributed by atoms with Gasteiger partial charge in [-0.05, 0) is 5.56 Å². The largest absolute Gasteiger partial charge is 0.550 e. The van der Waals surface area contributed by atoms with Crippen molar-refractivity contribution in [1.29, 1.82) is 0 Å². The summed E-state index contributed by atoms with van der Waals surface area (Å²) in [7, 11) is 0. The molecule has 4 heteroatoms. The van der Waals surface area contributed by atoms with Gasteiger partial charge in [0.25, 0.3) is 0 Å². The fourth-order valence-corrected chi connectivity index (χ4v) is 3.29. The molecule has 3 aliphatic heterocycles. The molecule has 4 rings (SSSR count). The van der Waals surface area contributed by atoms with E-state index in [1.807, 2.05) is 12.1 Å². The van der Waals surface area contributed by atoms with Crippen molar-refractivity contribution in [3.63, 3.8) is 0 Å². The van der Waals surface area contributed by atoms with Crippen molar-refractivity contribution >= 4 is 5.97 Å². The number of rotatable bonds is 4. The first kappa shape index (κ1) is 12.6. The van der Waals surface area contributed by atoms with E-state index in [2.05, 4.69) is 17.0 Å². The Morgan fingerprint density at radius 3 is 2.11 bits per heavy atom. The molecular formula is C15H20N2O2. The summed E-state index contributed by atoms with van der Waals surface area (Å²) in [6, 6.07) is 7.99. The number of piperazine rings is 3. The van der Waals surface area contributed by atoms with Gasteiger partial charge >= 0.3 is 0 Å². The number of quaternary nitrogens is 1. The van der Waals surface area contributed by atoms with E-state index in [0.29, 0.717) is 0 Å². The van der Waals surface area contributed by atoms with E-state index in [4.69, 9.17) is 0 Å². The van der Waals surface area contributed by atoms with Crippen molar-refractivity contribution in [3.05, 3.63) is 35.4 Å². The maximum Gasteiger partial charge on any atom is 0.104 e. The van der Waals surface area contributed by atoms with Gasteiger partial charge in [0, 0.05) is 37.6 Å². The number of fused-ring (bicyclic) bond motifs is 3. The first-order valence-electron chi connectivity index (χ1n) is 7.00. The summed E-state index contributed by atoms with van der Waals surface area (Å²) in [5, 5.41) is 10.6. The highest BCUT2D eigenvalue weighted by atomic mass is 16.4. The predicted molar refractivity (Wildman–Crippen MR) is 70.2 cm³/mol. The summed E-state index contributed by atoms with van der Waals surface area (Å²) in [6.45, 7) is 8.51. The first-order valence-corrected chi connectivity index (χ1v) is 7.00. The van der Waals surface area contributed by atoms with Crippen LogP contribution >= 0.6 is 0 Å². The van der Waals surface area contributed by atoms with E-state index in [9.17, 15) is 9.90 Å². The van der Waals surface area contributed by atoms with Crippen LogP contribution in [0.2, 0.25) is 0 Å². The number of nitrogens with zero attached hydrogens (tertiary/aromatic N) is 2. The van der Waals surface area contributed by atoms with Crippen LogP contribution in [0.5, 0.6) is 0 Å². The fourth-order valence-electron chi connectivity index (χ4n) is 3.29. The molecule has 0 spiro atoms. The fraction of sp³-hybridized carbons (Fsp3) is 0.533. The van der Waals surface area contributed by atoms with E-state index < -0.39 is 5.97 Å². The maximum atomic E-state index is 10.6. The first-order chi connectivity index (χ1) is 9.15. The molecule has 3 saturated heterocycles. The Morgan fingerprint density at radius 1 is 1.05 bits per heavy atom. The minimum Gasteiger partial charge on any atom is -0.550 e. The van der Waals surface area contributed by atoms with Crippen LogP contribution in [-0.2, 0) is 17.8 Å². The monoisotopic (exact) mass is 260 g/mol. The van der Waals surface area contributed by atoms with Gasteiger partial charge in [0.1, 0.15) is 6.54 Å². The van der Waals surface area contributed by atoms with Gasteiger partial charge in [-0.2, -0.15) is 0 Å². The second kappa shape index (κ2) is 4.94. The van der Waals surface area contributed by atoms with Crippen LogP contribution in [0.15, 0.2) is 24.3 Å². The average Bonchev–Trinajstić information content (AvgIpc) is 2.42.